The van der Waals surface area contributed by atoms with Gasteiger partial charge in [0.15, 0.2) is 0 Å². The van der Waals surface area contributed by atoms with Gasteiger partial charge in [0.2, 0.25) is 10.0 Å². The van der Waals surface area contributed by atoms with Crippen molar-refractivity contribution in [3.05, 3.63) is 0 Å². The van der Waals surface area contributed by atoms with Crippen molar-refractivity contribution >= 4 is 10.0 Å². The molecule has 0 N–H and O–H groups in total. The largest absolute Gasteiger partial charge is 0.214 e. The van der Waals surface area contributed by atoms with Crippen LogP contribution in [0.2, 0.25) is 0 Å². The molecule has 3 fully saturated rings. The summed E-state index contributed by atoms with van der Waals surface area (Å²) in [6.45, 7) is 4.55. The molecule has 15 heavy (non-hydrogen) atoms. The summed E-state index contributed by atoms with van der Waals surface area (Å²) in [4.78, 5) is 0. The summed E-state index contributed by atoms with van der Waals surface area (Å²) in [5.74, 6) is 1.13. The molecular weight excluding hydrogens is 210 g/mol. The fraction of sp³-hybridized carbons (Fsp3) is 1.00. The fourth-order valence-corrected chi connectivity index (χ4v) is 6.74. The number of fused-ring (bicyclic) bond motifs is 1. The number of sulfonamides is 1. The van der Waals surface area contributed by atoms with Gasteiger partial charge in [-0.1, -0.05) is 13.8 Å². The molecule has 3 aliphatic rings. The summed E-state index contributed by atoms with van der Waals surface area (Å²) in [5.41, 5.74) is 0.279. The summed E-state index contributed by atoms with van der Waals surface area (Å²) in [7, 11) is -1.20. The van der Waals surface area contributed by atoms with Crippen LogP contribution < -0.4 is 0 Å². The standard InChI is InChI=1S/C11H19NO2S/c1-10(2)8-4-5-11(10)7-15(13,14)12(3)9(11)6-8/h8-9H,4-7H2,1-3H3/t8?,9-,11-/m0/s1. The molecular formula is C11H19NO2S. The third-order valence-corrected chi connectivity index (χ3v) is 7.72. The first-order valence-electron chi connectivity index (χ1n) is 5.77. The van der Waals surface area contributed by atoms with Crippen LogP contribution in [-0.4, -0.2) is 31.6 Å². The summed E-state index contributed by atoms with van der Waals surface area (Å²) >= 11 is 0. The van der Waals surface area contributed by atoms with Crippen LogP contribution in [0.15, 0.2) is 0 Å². The Bertz CT molecular complexity index is 414. The van der Waals surface area contributed by atoms with Crippen molar-refractivity contribution < 1.29 is 8.42 Å². The van der Waals surface area contributed by atoms with E-state index in [1.807, 2.05) is 0 Å². The average molecular weight is 229 g/mol. The van der Waals surface area contributed by atoms with E-state index in [1.54, 1.807) is 11.4 Å². The summed E-state index contributed by atoms with van der Waals surface area (Å²) in [5, 5.41) is 0. The van der Waals surface area contributed by atoms with Crippen LogP contribution in [0.1, 0.15) is 33.1 Å². The topological polar surface area (TPSA) is 37.4 Å². The lowest BCUT2D eigenvalue weighted by atomic mass is 9.69. The predicted molar refractivity (Wildman–Crippen MR) is 58.9 cm³/mol. The SMILES string of the molecule is CN1[C@H]2CC3CC[C@@]2(CS1(=O)=O)C3(C)C. The summed E-state index contributed by atoms with van der Waals surface area (Å²) < 4.78 is 25.6. The number of nitrogens with zero attached hydrogens (tertiary/aromatic N) is 1. The normalized spacial score (nSPS) is 50.9. The minimum atomic E-state index is -2.97. The monoisotopic (exact) mass is 229 g/mol. The third-order valence-electron chi connectivity index (χ3n) is 5.71. The van der Waals surface area contributed by atoms with Gasteiger partial charge in [0.25, 0.3) is 0 Å². The van der Waals surface area contributed by atoms with Gasteiger partial charge in [-0.3, -0.25) is 0 Å². The van der Waals surface area contributed by atoms with E-state index in [1.165, 1.54) is 6.42 Å². The molecule has 1 aliphatic heterocycles. The Morgan fingerprint density at radius 2 is 2.00 bits per heavy atom. The van der Waals surface area contributed by atoms with E-state index in [2.05, 4.69) is 13.8 Å². The van der Waals surface area contributed by atoms with Gasteiger partial charge in [-0.2, -0.15) is 0 Å². The Kier molecular flexibility index (Phi) is 1.63. The second kappa shape index (κ2) is 2.43. The van der Waals surface area contributed by atoms with E-state index < -0.39 is 10.0 Å². The molecule has 0 aromatic rings. The van der Waals surface area contributed by atoms with Gasteiger partial charge >= 0.3 is 0 Å². The Morgan fingerprint density at radius 1 is 1.33 bits per heavy atom. The molecule has 1 spiro atoms. The minimum absolute atomic E-state index is 0.0608. The molecule has 86 valence electrons. The van der Waals surface area contributed by atoms with Gasteiger partial charge in [0, 0.05) is 18.5 Å². The van der Waals surface area contributed by atoms with Crippen LogP contribution in [0, 0.1) is 16.7 Å². The van der Waals surface area contributed by atoms with Crippen molar-refractivity contribution in [1.82, 2.24) is 4.31 Å². The van der Waals surface area contributed by atoms with Gasteiger partial charge < -0.3 is 0 Å². The van der Waals surface area contributed by atoms with Crippen LogP contribution in [-0.2, 0) is 10.0 Å². The highest BCUT2D eigenvalue weighted by Gasteiger charge is 2.70. The zero-order chi connectivity index (χ0) is 11.1. The Hall–Kier alpha value is -0.0900. The molecule has 4 heteroatoms. The summed E-state index contributed by atoms with van der Waals surface area (Å²) in [6.07, 6.45) is 3.43. The highest BCUT2D eigenvalue weighted by Crippen LogP contribution is 2.69. The van der Waals surface area contributed by atoms with Gasteiger partial charge in [0.05, 0.1) is 5.75 Å². The molecule has 0 radical (unpaired) electrons. The summed E-state index contributed by atoms with van der Waals surface area (Å²) in [6, 6.07) is 0.288. The highest BCUT2D eigenvalue weighted by molar-refractivity contribution is 7.89. The van der Waals surface area contributed by atoms with E-state index >= 15 is 0 Å². The molecule has 3 rings (SSSR count). The van der Waals surface area contributed by atoms with Crippen LogP contribution in [0.4, 0.5) is 0 Å². The zero-order valence-corrected chi connectivity index (χ0v) is 10.5. The number of rotatable bonds is 0. The van der Waals surface area contributed by atoms with E-state index in [0.717, 1.165) is 18.8 Å². The maximum Gasteiger partial charge on any atom is 0.214 e. The van der Waals surface area contributed by atoms with Crippen LogP contribution in [0.25, 0.3) is 0 Å². The molecule has 2 aliphatic carbocycles. The van der Waals surface area contributed by atoms with Crippen molar-refractivity contribution in [1.29, 1.82) is 0 Å². The predicted octanol–water partition coefficient (Wildman–Crippen LogP) is 1.46. The lowest BCUT2D eigenvalue weighted by Gasteiger charge is -2.36. The van der Waals surface area contributed by atoms with Crippen molar-refractivity contribution in [3.63, 3.8) is 0 Å². The second-order valence-electron chi connectivity index (χ2n) is 6.14. The van der Waals surface area contributed by atoms with Crippen molar-refractivity contribution in [3.8, 4) is 0 Å². The fourth-order valence-electron chi connectivity index (χ4n) is 4.50. The average Bonchev–Trinajstić information content (AvgIpc) is 2.56. The van der Waals surface area contributed by atoms with E-state index in [-0.39, 0.29) is 16.9 Å². The smallest absolute Gasteiger partial charge is 0.212 e. The molecule has 3 nitrogen and oxygen atoms in total. The molecule has 1 heterocycles. The minimum Gasteiger partial charge on any atom is -0.212 e. The maximum atomic E-state index is 12.0. The lowest BCUT2D eigenvalue weighted by molar-refractivity contribution is 0.121. The van der Waals surface area contributed by atoms with Crippen molar-refractivity contribution in [2.75, 3.05) is 12.8 Å². The maximum absolute atomic E-state index is 12.0. The van der Waals surface area contributed by atoms with Crippen LogP contribution >= 0.6 is 0 Å². The molecule has 0 amide bonds. The second-order valence-corrected chi connectivity index (χ2v) is 8.17. The molecule has 0 aromatic carbocycles. The molecule has 2 bridgehead atoms. The Labute approximate surface area is 91.9 Å². The van der Waals surface area contributed by atoms with Gasteiger partial charge in [-0.05, 0) is 30.6 Å². The molecule has 2 saturated carbocycles. The molecule has 1 unspecified atom stereocenters. The third kappa shape index (κ3) is 0.897. The van der Waals surface area contributed by atoms with Gasteiger partial charge in [0.1, 0.15) is 0 Å². The molecule has 0 aromatic heterocycles. The number of hydrogen-bond donors (Lipinski definition) is 0. The zero-order valence-electron chi connectivity index (χ0n) is 9.66. The van der Waals surface area contributed by atoms with Gasteiger partial charge in [-0.15, -0.1) is 0 Å². The van der Waals surface area contributed by atoms with Crippen LogP contribution in [0.5, 0.6) is 0 Å². The number of hydrogen-bond acceptors (Lipinski definition) is 2. The Morgan fingerprint density at radius 3 is 2.53 bits per heavy atom. The lowest BCUT2D eigenvalue weighted by Crippen LogP contribution is -2.40. The molecule has 3 atom stereocenters. The highest BCUT2D eigenvalue weighted by atomic mass is 32.2. The quantitative estimate of drug-likeness (QED) is 0.630. The first-order chi connectivity index (χ1) is 6.81. The molecule has 1 saturated heterocycles. The first-order valence-corrected chi connectivity index (χ1v) is 7.38. The van der Waals surface area contributed by atoms with Crippen molar-refractivity contribution in [2.45, 2.75) is 39.2 Å². The van der Waals surface area contributed by atoms with E-state index in [9.17, 15) is 8.42 Å². The first kappa shape index (κ1) is 10.1. The Balaban J connectivity index is 2.16. The van der Waals surface area contributed by atoms with Gasteiger partial charge in [-0.25, -0.2) is 12.7 Å². The van der Waals surface area contributed by atoms with E-state index in [0.29, 0.717) is 5.75 Å². The van der Waals surface area contributed by atoms with E-state index in [4.69, 9.17) is 0 Å². The van der Waals surface area contributed by atoms with Crippen LogP contribution in [0.3, 0.4) is 0 Å². The van der Waals surface area contributed by atoms with Crippen molar-refractivity contribution in [2.24, 2.45) is 16.7 Å².